The van der Waals surface area contributed by atoms with E-state index in [1.54, 1.807) is 11.0 Å². The van der Waals surface area contributed by atoms with E-state index in [1.165, 1.54) is 0 Å². The van der Waals surface area contributed by atoms with E-state index in [0.29, 0.717) is 23.1 Å². The maximum atomic E-state index is 13.3. The minimum atomic E-state index is -0.144. The van der Waals surface area contributed by atoms with Gasteiger partial charge in [0.05, 0.1) is 17.9 Å². The minimum Gasteiger partial charge on any atom is -0.377 e. The van der Waals surface area contributed by atoms with Crippen LogP contribution in [0, 0.1) is 0 Å². The van der Waals surface area contributed by atoms with Crippen molar-refractivity contribution in [2.24, 2.45) is 9.98 Å². The maximum Gasteiger partial charge on any atom is 0.284 e. The summed E-state index contributed by atoms with van der Waals surface area (Å²) in [4.78, 5) is 28.5. The van der Waals surface area contributed by atoms with Crippen molar-refractivity contribution in [1.29, 1.82) is 0 Å². The summed E-state index contributed by atoms with van der Waals surface area (Å²) in [5.41, 5.74) is 3.80. The summed E-state index contributed by atoms with van der Waals surface area (Å²) in [6.07, 6.45) is 1.81. The molecule has 6 nitrogen and oxygen atoms in total. The number of fused-ring (bicyclic) bond motifs is 3. The molecule has 0 N–H and O–H groups in total. The molecule has 0 bridgehead atoms. The predicted octanol–water partition coefficient (Wildman–Crippen LogP) is 3.27. The van der Waals surface area contributed by atoms with Gasteiger partial charge in [0.25, 0.3) is 5.91 Å². The van der Waals surface area contributed by atoms with E-state index in [2.05, 4.69) is 9.89 Å². The minimum absolute atomic E-state index is 0.144. The molecule has 0 aliphatic carbocycles. The van der Waals surface area contributed by atoms with Gasteiger partial charge in [-0.2, -0.15) is 0 Å². The normalized spacial score (nSPS) is 16.9. The molecule has 2 aromatic carbocycles. The number of hydrogen-bond donors (Lipinski definition) is 0. The third kappa shape index (κ3) is 4.01. The van der Waals surface area contributed by atoms with Crippen LogP contribution in [-0.2, 0) is 4.79 Å². The van der Waals surface area contributed by atoms with Crippen LogP contribution in [0.5, 0.6) is 0 Å². The van der Waals surface area contributed by atoms with Gasteiger partial charge in [0.1, 0.15) is 11.5 Å². The standard InChI is InChI=1S/C23H24ClN5O/c1-27(2)11-12-28(3)15-19-23(30)29-20-10-9-17(24)13-18(20)22(25-14-21(29)26-19)16-7-5-4-6-8-16/h4-10,13,15H,11-12,14H2,1-3H3/b19-15-. The Morgan fingerprint density at radius 1 is 1.10 bits per heavy atom. The van der Waals surface area contributed by atoms with Gasteiger partial charge >= 0.3 is 0 Å². The molecule has 0 radical (unpaired) electrons. The summed E-state index contributed by atoms with van der Waals surface area (Å²) in [7, 11) is 6.00. The van der Waals surface area contributed by atoms with Crippen molar-refractivity contribution < 1.29 is 4.79 Å². The summed E-state index contributed by atoms with van der Waals surface area (Å²) >= 11 is 6.31. The summed E-state index contributed by atoms with van der Waals surface area (Å²) in [6.45, 7) is 2.01. The van der Waals surface area contributed by atoms with Gasteiger partial charge in [0.2, 0.25) is 0 Å². The number of nitrogens with zero attached hydrogens (tertiary/aromatic N) is 5. The number of anilines is 1. The zero-order chi connectivity index (χ0) is 21.3. The molecule has 2 aliphatic rings. The third-order valence-electron chi connectivity index (χ3n) is 5.05. The van der Waals surface area contributed by atoms with Gasteiger partial charge in [-0.1, -0.05) is 41.9 Å². The van der Waals surface area contributed by atoms with Crippen LogP contribution in [0.3, 0.4) is 0 Å². The highest BCUT2D eigenvalue weighted by atomic mass is 35.5. The van der Waals surface area contributed by atoms with Crippen LogP contribution in [0.4, 0.5) is 5.69 Å². The van der Waals surface area contributed by atoms with Gasteiger partial charge in [0, 0.05) is 42.5 Å². The zero-order valence-electron chi connectivity index (χ0n) is 17.3. The molecule has 7 heteroatoms. The van der Waals surface area contributed by atoms with Gasteiger partial charge in [-0.25, -0.2) is 4.99 Å². The second-order valence-electron chi connectivity index (χ2n) is 7.66. The molecular weight excluding hydrogens is 398 g/mol. The lowest BCUT2D eigenvalue weighted by Gasteiger charge is -2.20. The molecule has 0 spiro atoms. The first-order valence-electron chi connectivity index (χ1n) is 9.82. The van der Waals surface area contributed by atoms with Crippen molar-refractivity contribution >= 4 is 34.7 Å². The Hall–Kier alpha value is -2.96. The first-order chi connectivity index (χ1) is 14.4. The summed E-state index contributed by atoms with van der Waals surface area (Å²) < 4.78 is 0. The molecular formula is C23H24ClN5O. The molecule has 2 aromatic rings. The average Bonchev–Trinajstić information content (AvgIpc) is 2.93. The topological polar surface area (TPSA) is 51.5 Å². The molecule has 4 rings (SSSR count). The van der Waals surface area contributed by atoms with Gasteiger partial charge in [0.15, 0.2) is 0 Å². The molecule has 0 atom stereocenters. The molecule has 0 aromatic heterocycles. The Bertz CT molecular complexity index is 1060. The Labute approximate surface area is 181 Å². The Balaban J connectivity index is 1.74. The fourth-order valence-corrected chi connectivity index (χ4v) is 3.68. The van der Waals surface area contributed by atoms with Crippen LogP contribution in [-0.4, -0.2) is 68.0 Å². The van der Waals surface area contributed by atoms with Crippen molar-refractivity contribution in [2.75, 3.05) is 45.7 Å². The van der Waals surface area contributed by atoms with Gasteiger partial charge in [-0.05, 0) is 32.3 Å². The van der Waals surface area contributed by atoms with Crippen molar-refractivity contribution in [3.8, 4) is 0 Å². The number of likely N-dealkylation sites (N-methyl/N-ethyl adjacent to an activating group) is 2. The molecule has 1 amide bonds. The lowest BCUT2D eigenvalue weighted by Crippen LogP contribution is -2.34. The SMILES string of the molecule is CN(C)CCN(C)/C=C1\N=C2CN=C(c3ccccc3)c3cc(Cl)ccc3N2C1=O. The quantitative estimate of drug-likeness (QED) is 0.696. The van der Waals surface area contributed by atoms with Gasteiger partial charge < -0.3 is 9.80 Å². The smallest absolute Gasteiger partial charge is 0.284 e. The molecule has 0 fully saturated rings. The van der Waals surface area contributed by atoms with Gasteiger partial charge in [-0.3, -0.25) is 14.7 Å². The number of benzene rings is 2. The summed E-state index contributed by atoms with van der Waals surface area (Å²) in [6, 6.07) is 15.5. The molecule has 0 saturated heterocycles. The number of aliphatic imine (C=N–C) groups is 2. The van der Waals surface area contributed by atoms with Crippen molar-refractivity contribution in [2.45, 2.75) is 0 Å². The number of rotatable bonds is 5. The van der Waals surface area contributed by atoms with Crippen LogP contribution in [0.15, 0.2) is 70.4 Å². The van der Waals surface area contributed by atoms with Crippen LogP contribution < -0.4 is 4.90 Å². The fourth-order valence-electron chi connectivity index (χ4n) is 3.51. The first kappa shape index (κ1) is 20.3. The zero-order valence-corrected chi connectivity index (χ0v) is 18.1. The molecule has 2 aliphatic heterocycles. The third-order valence-corrected chi connectivity index (χ3v) is 5.29. The first-order valence-corrected chi connectivity index (χ1v) is 10.2. The number of carbonyl (C=O) groups is 1. The predicted molar refractivity (Wildman–Crippen MR) is 123 cm³/mol. The number of carbonyl (C=O) groups excluding carboxylic acids is 1. The van der Waals surface area contributed by atoms with E-state index in [4.69, 9.17) is 16.6 Å². The van der Waals surface area contributed by atoms with Gasteiger partial charge in [-0.15, -0.1) is 0 Å². The van der Waals surface area contributed by atoms with Crippen LogP contribution in [0.2, 0.25) is 5.02 Å². The Kier molecular flexibility index (Phi) is 5.70. The summed E-state index contributed by atoms with van der Waals surface area (Å²) in [5, 5.41) is 0.601. The number of hydrogen-bond acceptors (Lipinski definition) is 5. The van der Waals surface area contributed by atoms with E-state index >= 15 is 0 Å². The van der Waals surface area contributed by atoms with Crippen molar-refractivity contribution in [1.82, 2.24) is 9.80 Å². The molecule has 2 heterocycles. The largest absolute Gasteiger partial charge is 0.377 e. The van der Waals surface area contributed by atoms with Crippen LogP contribution >= 0.6 is 11.6 Å². The number of halogens is 1. The van der Waals surface area contributed by atoms with Crippen LogP contribution in [0.25, 0.3) is 0 Å². The second-order valence-corrected chi connectivity index (χ2v) is 8.10. The Morgan fingerprint density at radius 2 is 1.87 bits per heavy atom. The van der Waals surface area contributed by atoms with E-state index in [1.807, 2.05) is 74.7 Å². The van der Waals surface area contributed by atoms with Crippen LogP contribution in [0.1, 0.15) is 11.1 Å². The second kappa shape index (κ2) is 8.42. The average molecular weight is 422 g/mol. The molecule has 0 saturated carbocycles. The highest BCUT2D eigenvalue weighted by molar-refractivity contribution is 6.34. The summed E-state index contributed by atoms with van der Waals surface area (Å²) in [5.74, 6) is 0.483. The number of amides is 1. The van der Waals surface area contributed by atoms with E-state index in [0.717, 1.165) is 35.6 Å². The Morgan fingerprint density at radius 3 is 2.60 bits per heavy atom. The molecule has 0 unspecified atom stereocenters. The highest BCUT2D eigenvalue weighted by Gasteiger charge is 2.35. The lowest BCUT2D eigenvalue weighted by atomic mass is 10.00. The van der Waals surface area contributed by atoms with Crippen molar-refractivity contribution in [3.05, 3.63) is 76.6 Å². The molecule has 30 heavy (non-hydrogen) atoms. The highest BCUT2D eigenvalue weighted by Crippen LogP contribution is 2.33. The lowest BCUT2D eigenvalue weighted by molar-refractivity contribution is -0.114. The monoisotopic (exact) mass is 421 g/mol. The molecule has 154 valence electrons. The number of amidine groups is 1. The van der Waals surface area contributed by atoms with Crippen molar-refractivity contribution in [3.63, 3.8) is 0 Å². The fraction of sp³-hybridized carbons (Fsp3) is 0.261. The van der Waals surface area contributed by atoms with E-state index in [-0.39, 0.29) is 5.91 Å². The van der Waals surface area contributed by atoms with E-state index in [9.17, 15) is 4.79 Å². The van der Waals surface area contributed by atoms with E-state index < -0.39 is 0 Å². The maximum absolute atomic E-state index is 13.3.